The number of amides is 1. The first kappa shape index (κ1) is 12.5. The molecule has 3 unspecified atom stereocenters. The van der Waals surface area contributed by atoms with Crippen molar-refractivity contribution in [2.75, 3.05) is 13.1 Å². The lowest BCUT2D eigenvalue weighted by Crippen LogP contribution is -2.42. The molecule has 1 amide bonds. The second-order valence-electron chi connectivity index (χ2n) is 4.80. The molecular weight excluding hydrogens is 188 g/mol. The molecule has 1 saturated carbocycles. The van der Waals surface area contributed by atoms with Crippen LogP contribution in [-0.4, -0.2) is 25.0 Å². The lowest BCUT2D eigenvalue weighted by molar-refractivity contribution is -0.120. The number of carbonyl (C=O) groups is 1. The maximum Gasteiger partial charge on any atom is 0.233 e. The van der Waals surface area contributed by atoms with Crippen molar-refractivity contribution < 1.29 is 4.79 Å². The minimum absolute atomic E-state index is 0.115. The Kier molecular flexibility index (Phi) is 5.09. The van der Waals surface area contributed by atoms with E-state index in [1.165, 1.54) is 19.3 Å². The number of nitrogens with one attached hydrogen (secondary N) is 2. The molecule has 2 N–H and O–H groups in total. The Morgan fingerprint density at radius 1 is 1.27 bits per heavy atom. The second-order valence-corrected chi connectivity index (χ2v) is 4.80. The molecular formula is C12H24N2O. The van der Waals surface area contributed by atoms with Crippen molar-refractivity contribution in [2.45, 2.75) is 46.1 Å². The molecule has 0 heterocycles. The minimum Gasteiger partial charge on any atom is -0.355 e. The highest BCUT2D eigenvalue weighted by Gasteiger charge is 2.24. The molecule has 0 aromatic rings. The second kappa shape index (κ2) is 6.11. The van der Waals surface area contributed by atoms with Gasteiger partial charge in [0.1, 0.15) is 0 Å². The number of rotatable bonds is 4. The first-order valence-electron chi connectivity index (χ1n) is 6.13. The van der Waals surface area contributed by atoms with Gasteiger partial charge in [0.2, 0.25) is 5.91 Å². The van der Waals surface area contributed by atoms with Crippen molar-refractivity contribution >= 4 is 5.91 Å². The molecule has 3 nitrogen and oxygen atoms in total. The van der Waals surface area contributed by atoms with Crippen LogP contribution < -0.4 is 10.6 Å². The van der Waals surface area contributed by atoms with Gasteiger partial charge in [0, 0.05) is 12.6 Å². The highest BCUT2D eigenvalue weighted by atomic mass is 16.1. The van der Waals surface area contributed by atoms with Crippen LogP contribution in [0.1, 0.15) is 40.0 Å². The minimum atomic E-state index is 0.115. The molecule has 0 aromatic carbocycles. The highest BCUT2D eigenvalue weighted by Crippen LogP contribution is 2.29. The lowest BCUT2D eigenvalue weighted by atomic mass is 9.79. The van der Waals surface area contributed by atoms with E-state index in [2.05, 4.69) is 24.5 Å². The smallest absolute Gasteiger partial charge is 0.233 e. The van der Waals surface area contributed by atoms with Crippen LogP contribution in [0.5, 0.6) is 0 Å². The number of hydrogen-bond acceptors (Lipinski definition) is 2. The van der Waals surface area contributed by atoms with Crippen molar-refractivity contribution in [3.05, 3.63) is 0 Å². The number of carbonyl (C=O) groups excluding carboxylic acids is 1. The molecule has 3 heteroatoms. The van der Waals surface area contributed by atoms with Gasteiger partial charge in [-0.25, -0.2) is 0 Å². The molecule has 1 aliphatic rings. The van der Waals surface area contributed by atoms with Crippen molar-refractivity contribution in [1.29, 1.82) is 0 Å². The van der Waals surface area contributed by atoms with E-state index in [0.717, 1.165) is 18.4 Å². The van der Waals surface area contributed by atoms with E-state index in [0.29, 0.717) is 12.6 Å². The van der Waals surface area contributed by atoms with Gasteiger partial charge in [-0.1, -0.05) is 13.8 Å². The molecule has 0 bridgehead atoms. The maximum absolute atomic E-state index is 11.3. The van der Waals surface area contributed by atoms with Crippen LogP contribution in [0.4, 0.5) is 0 Å². The van der Waals surface area contributed by atoms with Crippen molar-refractivity contribution in [3.63, 3.8) is 0 Å². The average Bonchev–Trinajstić information content (AvgIpc) is 2.20. The first-order chi connectivity index (χ1) is 7.13. The van der Waals surface area contributed by atoms with E-state index in [1.54, 1.807) is 0 Å². The summed E-state index contributed by atoms with van der Waals surface area (Å²) in [5.74, 6) is 1.74. The van der Waals surface area contributed by atoms with Gasteiger partial charge in [-0.2, -0.15) is 0 Å². The van der Waals surface area contributed by atoms with E-state index in [-0.39, 0.29) is 5.91 Å². The van der Waals surface area contributed by atoms with E-state index in [4.69, 9.17) is 0 Å². The van der Waals surface area contributed by atoms with Gasteiger partial charge < -0.3 is 10.6 Å². The van der Waals surface area contributed by atoms with Crippen LogP contribution in [0.2, 0.25) is 0 Å². The molecule has 0 radical (unpaired) electrons. The molecule has 0 spiro atoms. The van der Waals surface area contributed by atoms with Gasteiger partial charge >= 0.3 is 0 Å². The predicted octanol–water partition coefficient (Wildman–Crippen LogP) is 1.54. The molecule has 88 valence electrons. The summed E-state index contributed by atoms with van der Waals surface area (Å²) in [4.78, 5) is 11.3. The average molecular weight is 212 g/mol. The van der Waals surface area contributed by atoms with Crippen LogP contribution >= 0.6 is 0 Å². The van der Waals surface area contributed by atoms with Gasteiger partial charge in [-0.15, -0.1) is 0 Å². The van der Waals surface area contributed by atoms with Crippen molar-refractivity contribution in [2.24, 2.45) is 11.8 Å². The van der Waals surface area contributed by atoms with E-state index < -0.39 is 0 Å². The molecule has 0 saturated heterocycles. The zero-order valence-corrected chi connectivity index (χ0v) is 10.2. The van der Waals surface area contributed by atoms with Gasteiger partial charge in [-0.3, -0.25) is 4.79 Å². The topological polar surface area (TPSA) is 41.1 Å². The van der Waals surface area contributed by atoms with Crippen LogP contribution in [0.3, 0.4) is 0 Å². The Bertz CT molecular complexity index is 206. The summed E-state index contributed by atoms with van der Waals surface area (Å²) >= 11 is 0. The fraction of sp³-hybridized carbons (Fsp3) is 0.917. The van der Waals surface area contributed by atoms with Crippen molar-refractivity contribution in [1.82, 2.24) is 10.6 Å². The van der Waals surface area contributed by atoms with Gasteiger partial charge in [-0.05, 0) is 38.0 Å². The highest BCUT2D eigenvalue weighted by molar-refractivity contribution is 5.77. The van der Waals surface area contributed by atoms with Gasteiger partial charge in [0.15, 0.2) is 0 Å². The molecule has 1 aliphatic carbocycles. The lowest BCUT2D eigenvalue weighted by Gasteiger charge is -2.32. The molecule has 1 fully saturated rings. The molecule has 0 aliphatic heterocycles. The fourth-order valence-electron chi connectivity index (χ4n) is 2.23. The quantitative estimate of drug-likeness (QED) is 0.742. The molecule has 0 aromatic heterocycles. The van der Waals surface area contributed by atoms with Crippen molar-refractivity contribution in [3.8, 4) is 0 Å². The summed E-state index contributed by atoms with van der Waals surface area (Å²) in [6.45, 7) is 7.77. The summed E-state index contributed by atoms with van der Waals surface area (Å²) in [5, 5.41) is 6.15. The first-order valence-corrected chi connectivity index (χ1v) is 6.13. The van der Waals surface area contributed by atoms with Gasteiger partial charge in [0.25, 0.3) is 0 Å². The predicted molar refractivity (Wildman–Crippen MR) is 62.7 cm³/mol. The summed E-state index contributed by atoms with van der Waals surface area (Å²) in [7, 11) is 0. The summed E-state index contributed by atoms with van der Waals surface area (Å²) in [6.07, 6.45) is 3.71. The molecule has 1 rings (SSSR count). The number of likely N-dealkylation sites (N-methyl/N-ethyl adjacent to an activating group) is 1. The third-order valence-corrected chi connectivity index (χ3v) is 3.52. The van der Waals surface area contributed by atoms with E-state index >= 15 is 0 Å². The Hall–Kier alpha value is -0.570. The molecule has 15 heavy (non-hydrogen) atoms. The zero-order valence-electron chi connectivity index (χ0n) is 10.2. The van der Waals surface area contributed by atoms with Crippen LogP contribution in [0.15, 0.2) is 0 Å². The summed E-state index contributed by atoms with van der Waals surface area (Å²) < 4.78 is 0. The molecule has 3 atom stereocenters. The third-order valence-electron chi connectivity index (χ3n) is 3.52. The largest absolute Gasteiger partial charge is 0.355 e. The zero-order chi connectivity index (χ0) is 11.3. The Balaban J connectivity index is 2.19. The monoisotopic (exact) mass is 212 g/mol. The Morgan fingerprint density at radius 3 is 2.60 bits per heavy atom. The number of hydrogen-bond donors (Lipinski definition) is 2. The van der Waals surface area contributed by atoms with Gasteiger partial charge in [0.05, 0.1) is 6.54 Å². The fourth-order valence-corrected chi connectivity index (χ4v) is 2.23. The third kappa shape index (κ3) is 4.20. The van der Waals surface area contributed by atoms with Crippen LogP contribution in [-0.2, 0) is 4.79 Å². The van der Waals surface area contributed by atoms with E-state index in [9.17, 15) is 4.79 Å². The summed E-state index contributed by atoms with van der Waals surface area (Å²) in [5.41, 5.74) is 0. The SMILES string of the molecule is CCNC(=O)CNC1CCC(C)C(C)C1. The Labute approximate surface area is 93.0 Å². The van der Waals surface area contributed by atoms with Crippen LogP contribution in [0.25, 0.3) is 0 Å². The van der Waals surface area contributed by atoms with Crippen LogP contribution in [0, 0.1) is 11.8 Å². The Morgan fingerprint density at radius 2 is 2.00 bits per heavy atom. The normalized spacial score (nSPS) is 31.3. The van der Waals surface area contributed by atoms with E-state index in [1.807, 2.05) is 6.92 Å². The maximum atomic E-state index is 11.3. The summed E-state index contributed by atoms with van der Waals surface area (Å²) in [6, 6.07) is 0.541. The standard InChI is InChI=1S/C12H24N2O/c1-4-13-12(15)8-14-11-6-5-9(2)10(3)7-11/h9-11,14H,4-8H2,1-3H3,(H,13,15).